The van der Waals surface area contributed by atoms with Crippen molar-refractivity contribution < 1.29 is 0 Å². The van der Waals surface area contributed by atoms with Crippen LogP contribution in [0.4, 0.5) is 11.5 Å². The van der Waals surface area contributed by atoms with Crippen molar-refractivity contribution in [1.82, 2.24) is 28.7 Å². The quantitative estimate of drug-likeness (QED) is 0.306. The van der Waals surface area contributed by atoms with Gasteiger partial charge in [0.05, 0.1) is 0 Å². The van der Waals surface area contributed by atoms with Crippen molar-refractivity contribution in [2.45, 2.75) is 0 Å². The molecule has 4 aromatic heterocycles. The van der Waals surface area contributed by atoms with Gasteiger partial charge in [0, 0.05) is 42.9 Å². The van der Waals surface area contributed by atoms with Gasteiger partial charge < -0.3 is 14.1 Å². The summed E-state index contributed by atoms with van der Waals surface area (Å²) in [5, 5.41) is 3.25. The van der Waals surface area contributed by atoms with Gasteiger partial charge >= 0.3 is 0 Å². The third-order valence-corrected chi connectivity index (χ3v) is 4.98. The molecule has 5 aromatic rings. The van der Waals surface area contributed by atoms with E-state index < -0.39 is 0 Å². The molecule has 0 saturated heterocycles. The molecule has 28 heavy (non-hydrogen) atoms. The second kappa shape index (κ2) is 8.38. The van der Waals surface area contributed by atoms with Gasteiger partial charge in [0.1, 0.15) is 9.21 Å². The number of hydrogen-bond acceptors (Lipinski definition) is 5. The summed E-state index contributed by atoms with van der Waals surface area (Å²) in [5.41, 5.74) is 2.62. The molecule has 1 N–H and O–H groups in total. The Morgan fingerprint density at radius 2 is 1.36 bits per heavy atom. The van der Waals surface area contributed by atoms with Gasteiger partial charge in [-0.2, -0.15) is 0 Å². The Bertz CT molecular complexity index is 1230. The van der Waals surface area contributed by atoms with Crippen LogP contribution in [-0.4, -0.2) is 28.7 Å². The lowest BCUT2D eigenvalue weighted by Gasteiger charge is -2.07. The molecule has 0 unspecified atom stereocenters. The zero-order chi connectivity index (χ0) is 19.5. The van der Waals surface area contributed by atoms with Crippen LogP contribution in [0, 0.1) is 0 Å². The van der Waals surface area contributed by atoms with Crippen molar-refractivity contribution in [3.63, 3.8) is 0 Å². The fraction of sp³-hybridized carbons (Fsp3) is 0. The minimum absolute atomic E-state index is 0.732. The van der Waals surface area contributed by atoms with Gasteiger partial charge in [0.2, 0.25) is 0 Å². The number of hydrogen-bond donors (Lipinski definition) is 1. The molecule has 0 aliphatic heterocycles. The van der Waals surface area contributed by atoms with Crippen molar-refractivity contribution in [3.8, 4) is 0 Å². The first-order valence-electron chi connectivity index (χ1n) is 8.06. The molecule has 0 aliphatic rings. The minimum atomic E-state index is 0.732. The van der Waals surface area contributed by atoms with Crippen LogP contribution in [-0.2, 0) is 0 Å². The van der Waals surface area contributed by atoms with E-state index in [0.29, 0.717) is 0 Å². The third kappa shape index (κ3) is 4.23. The van der Waals surface area contributed by atoms with Crippen LogP contribution in [0.1, 0.15) is 0 Å². The predicted octanol–water partition coefficient (Wildman–Crippen LogP) is 5.49. The van der Waals surface area contributed by atoms with E-state index in [2.05, 4.69) is 73.0 Å². The summed E-state index contributed by atoms with van der Waals surface area (Å²) in [6.45, 7) is 0. The number of halogens is 3. The van der Waals surface area contributed by atoms with Gasteiger partial charge in [-0.3, -0.25) is 0 Å². The lowest BCUT2D eigenvalue weighted by atomic mass is 10.3. The van der Waals surface area contributed by atoms with Gasteiger partial charge in [0.25, 0.3) is 0 Å². The first-order chi connectivity index (χ1) is 13.6. The maximum Gasteiger partial charge on any atom is 0.180 e. The smallest absolute Gasteiger partial charge is 0.180 e. The lowest BCUT2D eigenvalue weighted by Crippen LogP contribution is -1.98. The Balaban J connectivity index is 0.000000151. The SMILES string of the molecule is Brc1cn2ccnc2c(Br)n1.Brc1cn2ccnc2c(Nc2ccccc2)n1. The highest BCUT2D eigenvalue weighted by Crippen LogP contribution is 2.21. The van der Waals surface area contributed by atoms with Gasteiger partial charge in [0.15, 0.2) is 21.7 Å². The molecule has 7 nitrogen and oxygen atoms in total. The Hall–Kier alpha value is -2.30. The van der Waals surface area contributed by atoms with Crippen molar-refractivity contribution in [3.05, 3.63) is 81.3 Å². The Morgan fingerprint density at radius 3 is 2.07 bits per heavy atom. The number of benzene rings is 1. The number of imidazole rings is 2. The summed E-state index contributed by atoms with van der Waals surface area (Å²) in [4.78, 5) is 16.9. The lowest BCUT2D eigenvalue weighted by molar-refractivity contribution is 1.08. The largest absolute Gasteiger partial charge is 0.337 e. The number of nitrogens with zero attached hydrogens (tertiary/aromatic N) is 6. The van der Waals surface area contributed by atoms with E-state index in [1.54, 1.807) is 12.4 Å². The Kier molecular flexibility index (Phi) is 5.69. The molecule has 1 aromatic carbocycles. The maximum atomic E-state index is 4.39. The van der Waals surface area contributed by atoms with Crippen LogP contribution in [0.15, 0.2) is 81.3 Å². The second-order valence-electron chi connectivity index (χ2n) is 5.57. The molecule has 10 heteroatoms. The van der Waals surface area contributed by atoms with E-state index in [-0.39, 0.29) is 0 Å². The van der Waals surface area contributed by atoms with E-state index >= 15 is 0 Å². The molecule has 0 amide bonds. The summed E-state index contributed by atoms with van der Waals surface area (Å²) in [5.74, 6) is 0.732. The standard InChI is InChI=1S/C12H9BrN4.C6H3Br2N3/c13-10-8-17-7-6-14-12(17)11(16-10)15-9-4-2-1-3-5-9;7-4-3-11-2-1-9-6(11)5(8)10-4/h1-8H,(H,15,16);1-3H. The van der Waals surface area contributed by atoms with Crippen molar-refractivity contribution in [2.24, 2.45) is 0 Å². The topological polar surface area (TPSA) is 72.4 Å². The fourth-order valence-corrected chi connectivity index (χ4v) is 4.04. The molecule has 0 spiro atoms. The number of rotatable bonds is 2. The van der Waals surface area contributed by atoms with E-state index in [1.165, 1.54) is 0 Å². The fourth-order valence-electron chi connectivity index (χ4n) is 2.51. The van der Waals surface area contributed by atoms with Gasteiger partial charge in [-0.25, -0.2) is 19.9 Å². The van der Waals surface area contributed by atoms with Crippen molar-refractivity contribution >= 4 is 70.6 Å². The van der Waals surface area contributed by atoms with E-state index in [9.17, 15) is 0 Å². The predicted molar refractivity (Wildman–Crippen MR) is 119 cm³/mol. The number of para-hydroxylation sites is 1. The number of fused-ring (bicyclic) bond motifs is 2. The van der Waals surface area contributed by atoms with Crippen LogP contribution in [0.2, 0.25) is 0 Å². The van der Waals surface area contributed by atoms with Crippen LogP contribution >= 0.6 is 47.8 Å². The summed E-state index contributed by atoms with van der Waals surface area (Å²) >= 11 is 9.96. The zero-order valence-corrected chi connectivity index (χ0v) is 18.9. The minimum Gasteiger partial charge on any atom is -0.337 e. The molecule has 140 valence electrons. The zero-order valence-electron chi connectivity index (χ0n) is 14.2. The van der Waals surface area contributed by atoms with E-state index in [1.807, 2.05) is 63.9 Å². The first-order valence-corrected chi connectivity index (χ1v) is 10.4. The summed E-state index contributed by atoms with van der Waals surface area (Å²) in [6.07, 6.45) is 11.0. The first kappa shape index (κ1) is 19.0. The van der Waals surface area contributed by atoms with Crippen molar-refractivity contribution in [2.75, 3.05) is 5.32 Å². The average Bonchev–Trinajstić information content (AvgIpc) is 3.32. The highest BCUT2D eigenvalue weighted by molar-refractivity contribution is 9.11. The highest BCUT2D eigenvalue weighted by atomic mass is 79.9. The normalized spacial score (nSPS) is 10.7. The number of anilines is 2. The summed E-state index contributed by atoms with van der Waals surface area (Å²) < 4.78 is 6.11. The second-order valence-corrected chi connectivity index (χ2v) is 7.95. The molecular formula is C18H12Br3N7. The highest BCUT2D eigenvalue weighted by Gasteiger charge is 2.06. The van der Waals surface area contributed by atoms with Gasteiger partial charge in [-0.15, -0.1) is 0 Å². The molecule has 0 bridgehead atoms. The Labute approximate surface area is 185 Å². The van der Waals surface area contributed by atoms with Crippen molar-refractivity contribution in [1.29, 1.82) is 0 Å². The summed E-state index contributed by atoms with van der Waals surface area (Å²) in [6, 6.07) is 9.90. The molecule has 0 saturated carbocycles. The van der Waals surface area contributed by atoms with Gasteiger partial charge in [-0.05, 0) is 59.9 Å². The van der Waals surface area contributed by atoms with Crippen LogP contribution < -0.4 is 5.32 Å². The summed E-state index contributed by atoms with van der Waals surface area (Å²) in [7, 11) is 0. The van der Waals surface area contributed by atoms with E-state index in [0.717, 1.165) is 36.6 Å². The van der Waals surface area contributed by atoms with Crippen LogP contribution in [0.25, 0.3) is 11.3 Å². The molecule has 0 radical (unpaired) electrons. The molecule has 4 heterocycles. The maximum absolute atomic E-state index is 4.39. The molecular weight excluding hydrogens is 554 g/mol. The molecule has 0 atom stereocenters. The number of nitrogens with one attached hydrogen (secondary N) is 1. The Morgan fingerprint density at radius 1 is 0.750 bits per heavy atom. The van der Waals surface area contributed by atoms with Gasteiger partial charge in [-0.1, -0.05) is 18.2 Å². The molecule has 0 fully saturated rings. The molecule has 0 aliphatic carbocycles. The third-order valence-electron chi connectivity index (χ3n) is 3.68. The van der Waals surface area contributed by atoms with E-state index in [4.69, 9.17) is 0 Å². The monoisotopic (exact) mass is 563 g/mol. The van der Waals surface area contributed by atoms with Crippen LogP contribution in [0.5, 0.6) is 0 Å². The molecule has 5 rings (SSSR count). The average molecular weight is 566 g/mol. The van der Waals surface area contributed by atoms with Crippen LogP contribution in [0.3, 0.4) is 0 Å². The number of aromatic nitrogens is 6.